The molecule has 0 aliphatic rings. The van der Waals surface area contributed by atoms with Crippen LogP contribution in [0.25, 0.3) is 0 Å². The Bertz CT molecular complexity index is 787. The van der Waals surface area contributed by atoms with Gasteiger partial charge in [-0.15, -0.1) is 0 Å². The maximum Gasteiger partial charge on any atom is 0.390 e. The summed E-state index contributed by atoms with van der Waals surface area (Å²) < 4.78 is 75.6. The first kappa shape index (κ1) is 22.1. The smallest absolute Gasteiger partial charge is 0.263 e. The number of alkyl halides is 4. The third-order valence-corrected chi connectivity index (χ3v) is 5.54. The fourth-order valence-electron chi connectivity index (χ4n) is 1.79. The van der Waals surface area contributed by atoms with E-state index in [1.807, 2.05) is 0 Å². The lowest BCUT2D eigenvalue weighted by atomic mass is 10.2. The van der Waals surface area contributed by atoms with E-state index < -0.39 is 31.6 Å². The molecule has 0 heterocycles. The van der Waals surface area contributed by atoms with Gasteiger partial charge >= 0.3 is 20.5 Å². The van der Waals surface area contributed by atoms with Crippen LogP contribution in [0.5, 0.6) is 0 Å². The first-order chi connectivity index (χ1) is 11.9. The van der Waals surface area contributed by atoms with Crippen molar-refractivity contribution in [3.63, 3.8) is 0 Å². The summed E-state index contributed by atoms with van der Waals surface area (Å²) in [7, 11) is -4.31. The molecule has 0 aliphatic carbocycles. The van der Waals surface area contributed by atoms with Gasteiger partial charge in [0, 0.05) is 19.0 Å². The largest absolute Gasteiger partial charge is 0.390 e. The van der Waals surface area contributed by atoms with E-state index >= 15 is 0 Å². The third kappa shape index (κ3) is 5.44. The van der Waals surface area contributed by atoms with Crippen LogP contribution in [0, 0.1) is 0 Å². The van der Waals surface area contributed by atoms with Crippen molar-refractivity contribution in [1.82, 2.24) is 0 Å². The van der Waals surface area contributed by atoms with E-state index in [1.165, 1.54) is 0 Å². The fraction of sp³-hybridized carbons (Fsp3) is 0.143. The molecule has 2 aromatic carbocycles. The molecule has 0 saturated carbocycles. The van der Waals surface area contributed by atoms with Gasteiger partial charge in [-0.25, -0.2) is 9.05 Å². The lowest BCUT2D eigenvalue weighted by molar-refractivity contribution is -0.221. The highest BCUT2D eigenvalue weighted by Gasteiger charge is 2.43. The van der Waals surface area contributed by atoms with E-state index in [-0.39, 0.29) is 19.0 Å². The normalized spacial score (nSPS) is 12.7. The van der Waals surface area contributed by atoms with Crippen LogP contribution in [0.15, 0.2) is 45.3 Å². The summed E-state index contributed by atoms with van der Waals surface area (Å²) in [5, 5.41) is 0.305. The highest BCUT2D eigenvalue weighted by molar-refractivity contribution is 9.10. The number of benzene rings is 2. The number of hydrogen-bond donors (Lipinski definition) is 0. The minimum absolute atomic E-state index is 0.152. The van der Waals surface area contributed by atoms with Crippen LogP contribution in [0.1, 0.15) is 11.1 Å². The molecule has 0 saturated heterocycles. The molecule has 12 heteroatoms. The Morgan fingerprint density at radius 1 is 0.808 bits per heavy atom. The van der Waals surface area contributed by atoms with Crippen molar-refractivity contribution in [3.05, 3.63) is 66.5 Å². The van der Waals surface area contributed by atoms with Gasteiger partial charge < -0.3 is 0 Å². The van der Waals surface area contributed by atoms with E-state index in [0.29, 0.717) is 0 Å². The first-order valence-electron chi connectivity index (χ1n) is 6.51. The van der Waals surface area contributed by atoms with Gasteiger partial charge in [0.25, 0.3) is 0 Å². The van der Waals surface area contributed by atoms with Gasteiger partial charge in [-0.3, -0.25) is 4.57 Å². The summed E-state index contributed by atoms with van der Waals surface area (Å²) in [6.07, 6.45) is -8.32. The fourth-order valence-corrected chi connectivity index (χ4v) is 4.30. The van der Waals surface area contributed by atoms with Crippen molar-refractivity contribution in [1.29, 1.82) is 0 Å². The predicted molar refractivity (Wildman–Crippen MR) is 97.3 cm³/mol. The highest BCUT2D eigenvalue weighted by Crippen LogP contribution is 2.48. The van der Waals surface area contributed by atoms with Gasteiger partial charge in [0.15, 0.2) is 0 Å². The molecule has 0 atom stereocenters. The Morgan fingerprint density at radius 2 is 1.15 bits per heavy atom. The molecule has 142 valence electrons. The van der Waals surface area contributed by atoms with Crippen molar-refractivity contribution in [3.8, 4) is 0 Å². The Labute approximate surface area is 172 Å². The quantitative estimate of drug-likeness (QED) is 0.268. The molecule has 0 radical (unpaired) electrons. The van der Waals surface area contributed by atoms with Crippen LogP contribution in [-0.2, 0) is 25.8 Å². The van der Waals surface area contributed by atoms with E-state index in [0.717, 1.165) is 36.4 Å². The zero-order chi connectivity index (χ0) is 19.7. The molecule has 0 N–H and O–H groups in total. The molecule has 2 aromatic rings. The summed E-state index contributed by atoms with van der Waals surface area (Å²) >= 11 is 17.0. The van der Waals surface area contributed by atoms with Crippen molar-refractivity contribution < 1.29 is 31.2 Å². The summed E-state index contributed by atoms with van der Waals surface area (Å²) in [5.41, 5.74) is -1.50. The standard InChI is InChI=1S/C14H7Br2Cl2F4O3P/c15-11-5-7(17)1-3-9(11)13(19,20)24-26(23)25-14(21,22)10-4-2-8(18)6-12(10)16/h1-6,26H. The number of hydrogen-bond acceptors (Lipinski definition) is 3. The monoisotopic (exact) mass is 558 g/mol. The van der Waals surface area contributed by atoms with Gasteiger partial charge in [0.05, 0.1) is 11.1 Å². The van der Waals surface area contributed by atoms with Crippen LogP contribution in [0.2, 0.25) is 10.0 Å². The molecule has 0 spiro atoms. The van der Waals surface area contributed by atoms with Crippen molar-refractivity contribution in [2.45, 2.75) is 12.2 Å². The maximum absolute atomic E-state index is 14.1. The number of halogens is 8. The summed E-state index contributed by atoms with van der Waals surface area (Å²) in [5.74, 6) is 0. The molecule has 26 heavy (non-hydrogen) atoms. The average molecular weight is 561 g/mol. The zero-order valence-corrected chi connectivity index (χ0v) is 17.9. The molecule has 0 aliphatic heterocycles. The summed E-state index contributed by atoms with van der Waals surface area (Å²) in [6.45, 7) is 0. The van der Waals surface area contributed by atoms with Gasteiger partial charge in [-0.1, -0.05) is 55.1 Å². The van der Waals surface area contributed by atoms with Crippen LogP contribution >= 0.6 is 63.3 Å². The Hall–Kier alpha value is -0.150. The van der Waals surface area contributed by atoms with Crippen molar-refractivity contribution in [2.75, 3.05) is 0 Å². The average Bonchev–Trinajstić information content (AvgIpc) is 2.44. The molecule has 2 rings (SSSR count). The topological polar surface area (TPSA) is 35.5 Å². The van der Waals surface area contributed by atoms with Gasteiger partial charge in [0.2, 0.25) is 0 Å². The molecule has 0 unspecified atom stereocenters. The van der Waals surface area contributed by atoms with Crippen molar-refractivity contribution in [2.24, 2.45) is 0 Å². The maximum atomic E-state index is 14.1. The van der Waals surface area contributed by atoms with E-state index in [9.17, 15) is 22.1 Å². The Balaban J connectivity index is 2.18. The van der Waals surface area contributed by atoms with Crippen molar-refractivity contribution >= 4 is 63.3 Å². The molecule has 3 nitrogen and oxygen atoms in total. The van der Waals surface area contributed by atoms with Gasteiger partial charge in [-0.2, -0.15) is 17.6 Å². The first-order valence-corrected chi connectivity index (χ1v) is 10.1. The predicted octanol–water partition coefficient (Wildman–Crippen LogP) is 7.74. The second-order valence-corrected chi connectivity index (χ2v) is 8.23. The Morgan fingerprint density at radius 3 is 1.46 bits per heavy atom. The molecule has 0 amide bonds. The second-order valence-electron chi connectivity index (χ2n) is 4.74. The van der Waals surface area contributed by atoms with Crippen LogP contribution < -0.4 is 0 Å². The van der Waals surface area contributed by atoms with Crippen LogP contribution in [0.4, 0.5) is 17.6 Å². The summed E-state index contributed by atoms with van der Waals surface area (Å²) in [6, 6.07) is 6.36. The van der Waals surface area contributed by atoms with Gasteiger partial charge in [0.1, 0.15) is 0 Å². The number of rotatable bonds is 6. The van der Waals surface area contributed by atoms with Crippen LogP contribution in [-0.4, -0.2) is 0 Å². The van der Waals surface area contributed by atoms with E-state index in [2.05, 4.69) is 40.9 Å². The summed E-state index contributed by atoms with van der Waals surface area (Å²) in [4.78, 5) is 0. The van der Waals surface area contributed by atoms with Gasteiger partial charge in [-0.05, 0) is 36.4 Å². The van der Waals surface area contributed by atoms with E-state index in [1.54, 1.807) is 0 Å². The molecule has 0 bridgehead atoms. The molecule has 0 fully saturated rings. The molecular formula is C14H7Br2Cl2F4O3P. The minimum atomic E-state index is -4.31. The van der Waals surface area contributed by atoms with Crippen LogP contribution in [0.3, 0.4) is 0 Å². The zero-order valence-electron chi connectivity index (χ0n) is 12.2. The lowest BCUT2D eigenvalue weighted by Crippen LogP contribution is -2.19. The highest BCUT2D eigenvalue weighted by atomic mass is 79.9. The second kappa shape index (κ2) is 8.47. The van der Waals surface area contributed by atoms with E-state index in [4.69, 9.17) is 23.2 Å². The molecular weight excluding hydrogens is 554 g/mol. The minimum Gasteiger partial charge on any atom is -0.263 e. The molecule has 0 aromatic heterocycles. The Kier molecular flexibility index (Phi) is 7.21. The third-order valence-electron chi connectivity index (χ3n) is 2.91. The lowest BCUT2D eigenvalue weighted by Gasteiger charge is -2.21. The SMILES string of the molecule is O=[PH](OC(F)(F)c1ccc(Cl)cc1Br)OC(F)(F)c1ccc(Cl)cc1Br.